The second-order valence-electron chi connectivity index (χ2n) is 8.50. The van der Waals surface area contributed by atoms with Gasteiger partial charge in [-0.15, -0.1) is 0 Å². The summed E-state index contributed by atoms with van der Waals surface area (Å²) in [4.78, 5) is 32.7. The smallest absolute Gasteiger partial charge is 0.261 e. The average molecular weight is 422 g/mol. The van der Waals surface area contributed by atoms with Crippen molar-refractivity contribution in [1.29, 1.82) is 0 Å². The van der Waals surface area contributed by atoms with E-state index >= 15 is 0 Å². The Morgan fingerprint density at radius 2 is 1.97 bits per heavy atom. The molecule has 2 aliphatic rings. The lowest BCUT2D eigenvalue weighted by atomic mass is 9.87. The van der Waals surface area contributed by atoms with Crippen LogP contribution in [-0.2, 0) is 11.2 Å². The van der Waals surface area contributed by atoms with Crippen LogP contribution in [0.25, 0.3) is 5.65 Å². The first-order chi connectivity index (χ1) is 14.9. The number of halogens is 1. The van der Waals surface area contributed by atoms with Crippen molar-refractivity contribution in [3.05, 3.63) is 81.2 Å². The van der Waals surface area contributed by atoms with Gasteiger partial charge in [0.25, 0.3) is 5.56 Å². The molecule has 4 rings (SSSR count). The summed E-state index contributed by atoms with van der Waals surface area (Å²) in [7, 11) is 0. The highest BCUT2D eigenvalue weighted by Gasteiger charge is 2.27. The van der Waals surface area contributed by atoms with E-state index in [1.54, 1.807) is 16.6 Å². The molecule has 0 spiro atoms. The fourth-order valence-corrected chi connectivity index (χ4v) is 4.42. The Labute approximate surface area is 181 Å². The molecule has 0 unspecified atom stereocenters. The number of ketones is 1. The van der Waals surface area contributed by atoms with Crippen LogP contribution in [0.15, 0.2) is 58.8 Å². The van der Waals surface area contributed by atoms with Crippen LogP contribution in [0.3, 0.4) is 0 Å². The first-order valence-electron chi connectivity index (χ1n) is 10.9. The zero-order valence-corrected chi connectivity index (χ0v) is 18.1. The van der Waals surface area contributed by atoms with Crippen molar-refractivity contribution in [2.45, 2.75) is 39.5 Å². The SMILES string of the molecule is Cc1ccc2nc(C)c(CCN3CCC(C(=O)C4=CC=C(F)C=CC4)CC3)c(=O)n2c1. The fourth-order valence-electron chi connectivity index (χ4n) is 4.42. The number of aryl methyl sites for hydroxylation is 2. The molecule has 1 aliphatic carbocycles. The predicted molar refractivity (Wildman–Crippen MR) is 120 cm³/mol. The molecule has 1 aliphatic heterocycles. The molecule has 0 aromatic carbocycles. The van der Waals surface area contributed by atoms with Crippen molar-refractivity contribution >= 4 is 11.4 Å². The third-order valence-corrected chi connectivity index (χ3v) is 6.28. The van der Waals surface area contributed by atoms with E-state index in [1.807, 2.05) is 32.2 Å². The minimum atomic E-state index is -0.317. The molecule has 0 bridgehead atoms. The number of carbonyl (C=O) groups is 1. The van der Waals surface area contributed by atoms with Gasteiger partial charge in [-0.2, -0.15) is 0 Å². The fraction of sp³-hybridized carbons (Fsp3) is 0.400. The van der Waals surface area contributed by atoms with E-state index in [0.717, 1.165) is 49.3 Å². The maximum atomic E-state index is 13.3. The minimum Gasteiger partial charge on any atom is -0.303 e. The van der Waals surface area contributed by atoms with Crippen LogP contribution < -0.4 is 5.56 Å². The second-order valence-corrected chi connectivity index (χ2v) is 8.50. The lowest BCUT2D eigenvalue weighted by molar-refractivity contribution is -0.120. The zero-order valence-electron chi connectivity index (χ0n) is 18.1. The van der Waals surface area contributed by atoms with Gasteiger partial charge in [0.15, 0.2) is 5.78 Å². The number of fused-ring (bicyclic) bond motifs is 1. The molecule has 162 valence electrons. The molecule has 0 saturated carbocycles. The van der Waals surface area contributed by atoms with E-state index in [4.69, 9.17) is 0 Å². The average Bonchev–Trinajstić information content (AvgIpc) is 2.98. The number of hydrogen-bond acceptors (Lipinski definition) is 4. The van der Waals surface area contributed by atoms with E-state index < -0.39 is 0 Å². The summed E-state index contributed by atoms with van der Waals surface area (Å²) in [5.74, 6) is -0.191. The minimum absolute atomic E-state index is 0.00454. The van der Waals surface area contributed by atoms with Crippen LogP contribution in [0.2, 0.25) is 0 Å². The van der Waals surface area contributed by atoms with Gasteiger partial charge in [0.2, 0.25) is 0 Å². The van der Waals surface area contributed by atoms with Crippen molar-refractivity contribution in [1.82, 2.24) is 14.3 Å². The van der Waals surface area contributed by atoms with Crippen LogP contribution >= 0.6 is 0 Å². The quantitative estimate of drug-likeness (QED) is 0.735. The zero-order chi connectivity index (χ0) is 22.0. The summed E-state index contributed by atoms with van der Waals surface area (Å²) in [6.07, 6.45) is 10.7. The largest absolute Gasteiger partial charge is 0.303 e. The number of piperidine rings is 1. The molecule has 0 atom stereocenters. The predicted octanol–water partition coefficient (Wildman–Crippen LogP) is 3.87. The van der Waals surface area contributed by atoms with E-state index in [1.165, 1.54) is 12.2 Å². The highest BCUT2D eigenvalue weighted by atomic mass is 19.1. The third kappa shape index (κ3) is 4.74. The number of Topliss-reactive ketones (excluding diaryl/α,β-unsaturated/α-hetero) is 1. The maximum absolute atomic E-state index is 13.3. The number of aromatic nitrogens is 2. The topological polar surface area (TPSA) is 54.7 Å². The molecule has 0 N–H and O–H groups in total. The Balaban J connectivity index is 1.37. The Morgan fingerprint density at radius 3 is 2.74 bits per heavy atom. The van der Waals surface area contributed by atoms with Crippen LogP contribution in [-0.4, -0.2) is 39.7 Å². The molecular weight excluding hydrogens is 393 g/mol. The second kappa shape index (κ2) is 9.10. The van der Waals surface area contributed by atoms with Gasteiger partial charge in [-0.3, -0.25) is 14.0 Å². The van der Waals surface area contributed by atoms with E-state index in [9.17, 15) is 14.0 Å². The Bertz CT molecular complexity index is 1150. The summed E-state index contributed by atoms with van der Waals surface area (Å²) in [5.41, 5.74) is 3.93. The van der Waals surface area contributed by atoms with Crippen LogP contribution in [0.4, 0.5) is 4.39 Å². The lowest BCUT2D eigenvalue weighted by Crippen LogP contribution is -2.38. The van der Waals surface area contributed by atoms with Gasteiger partial charge >= 0.3 is 0 Å². The first-order valence-corrected chi connectivity index (χ1v) is 10.9. The molecule has 0 radical (unpaired) electrons. The monoisotopic (exact) mass is 421 g/mol. The van der Waals surface area contributed by atoms with Crippen LogP contribution in [0.5, 0.6) is 0 Å². The molecule has 1 fully saturated rings. The van der Waals surface area contributed by atoms with Gasteiger partial charge in [-0.1, -0.05) is 18.2 Å². The number of hydrogen-bond donors (Lipinski definition) is 0. The highest BCUT2D eigenvalue weighted by molar-refractivity contribution is 5.97. The normalized spacial score (nSPS) is 18.0. The first kappa shape index (κ1) is 21.4. The number of carbonyl (C=O) groups excluding carboxylic acids is 1. The van der Waals surface area contributed by atoms with E-state index in [0.29, 0.717) is 24.1 Å². The molecular formula is C25H28FN3O2. The molecule has 1 saturated heterocycles. The van der Waals surface area contributed by atoms with Gasteiger partial charge < -0.3 is 4.90 Å². The van der Waals surface area contributed by atoms with Crippen molar-refractivity contribution in [2.24, 2.45) is 5.92 Å². The number of rotatable bonds is 5. The van der Waals surface area contributed by atoms with Gasteiger partial charge in [0.1, 0.15) is 11.5 Å². The molecule has 31 heavy (non-hydrogen) atoms. The molecule has 0 amide bonds. The molecule has 2 aromatic rings. The Kier molecular flexibility index (Phi) is 6.28. The lowest BCUT2D eigenvalue weighted by Gasteiger charge is -2.31. The summed E-state index contributed by atoms with van der Waals surface area (Å²) in [5, 5.41) is 0. The summed E-state index contributed by atoms with van der Waals surface area (Å²) in [6.45, 7) is 6.28. The Morgan fingerprint density at radius 1 is 1.19 bits per heavy atom. The molecule has 6 heteroatoms. The summed E-state index contributed by atoms with van der Waals surface area (Å²) in [6, 6.07) is 3.83. The number of likely N-dealkylation sites (tertiary alicyclic amines) is 1. The van der Waals surface area contributed by atoms with E-state index in [2.05, 4.69) is 9.88 Å². The standard InChI is InChI=1S/C25H28FN3O2/c1-17-6-9-23-27-18(2)22(25(31)29(23)16-17)12-15-28-13-10-20(11-14-28)24(30)19-4-3-5-21(26)8-7-19/h3,5-9,16,20H,4,10-15H2,1-2H3. The third-order valence-electron chi connectivity index (χ3n) is 6.28. The van der Waals surface area contributed by atoms with Crippen molar-refractivity contribution in [3.63, 3.8) is 0 Å². The number of allylic oxidation sites excluding steroid dienone is 6. The molecule has 2 aromatic heterocycles. The Hall–Kier alpha value is -2.86. The number of nitrogens with zero attached hydrogens (tertiary/aromatic N) is 3. The van der Waals surface area contributed by atoms with Gasteiger partial charge in [0, 0.05) is 29.9 Å². The summed E-state index contributed by atoms with van der Waals surface area (Å²) < 4.78 is 15.0. The van der Waals surface area contributed by atoms with Crippen molar-refractivity contribution in [3.8, 4) is 0 Å². The highest BCUT2D eigenvalue weighted by Crippen LogP contribution is 2.24. The number of pyridine rings is 1. The van der Waals surface area contributed by atoms with Crippen LogP contribution in [0.1, 0.15) is 36.1 Å². The van der Waals surface area contributed by atoms with Crippen LogP contribution in [0, 0.1) is 19.8 Å². The molecule has 3 heterocycles. The summed E-state index contributed by atoms with van der Waals surface area (Å²) >= 11 is 0. The van der Waals surface area contributed by atoms with E-state index in [-0.39, 0.29) is 23.1 Å². The van der Waals surface area contributed by atoms with Crippen molar-refractivity contribution in [2.75, 3.05) is 19.6 Å². The van der Waals surface area contributed by atoms with Gasteiger partial charge in [-0.05, 0) is 82.0 Å². The maximum Gasteiger partial charge on any atom is 0.261 e. The van der Waals surface area contributed by atoms with Gasteiger partial charge in [0.05, 0.1) is 0 Å². The van der Waals surface area contributed by atoms with Crippen molar-refractivity contribution < 1.29 is 9.18 Å². The molecule has 5 nitrogen and oxygen atoms in total. The van der Waals surface area contributed by atoms with Gasteiger partial charge in [-0.25, -0.2) is 9.37 Å².